The molecule has 27 heavy (non-hydrogen) atoms. The van der Waals surface area contributed by atoms with Crippen LogP contribution < -0.4 is 10.6 Å². The Balaban J connectivity index is 1.84. The maximum Gasteiger partial charge on any atom is 0.263 e. The molecule has 0 aliphatic rings. The van der Waals surface area contributed by atoms with Crippen molar-refractivity contribution >= 4 is 23.2 Å². The van der Waals surface area contributed by atoms with Gasteiger partial charge in [-0.15, -0.1) is 11.3 Å². The largest absolute Gasteiger partial charge is 0.357 e. The summed E-state index contributed by atoms with van der Waals surface area (Å²) in [5.41, 5.74) is 0.999. The molecule has 0 spiro atoms. The van der Waals surface area contributed by atoms with Crippen LogP contribution in [0.4, 0.5) is 8.78 Å². The lowest BCUT2D eigenvalue weighted by atomic mass is 10.1. The number of thiazole rings is 1. The van der Waals surface area contributed by atoms with Gasteiger partial charge in [-0.3, -0.25) is 9.59 Å². The molecule has 1 unspecified atom stereocenters. The maximum atomic E-state index is 13.5. The molecule has 0 bridgehead atoms. The van der Waals surface area contributed by atoms with E-state index in [1.165, 1.54) is 30.6 Å². The lowest BCUT2D eigenvalue weighted by molar-refractivity contribution is -0.122. The van der Waals surface area contributed by atoms with Crippen LogP contribution in [0, 0.1) is 11.6 Å². The number of carbonyl (C=O) groups excluding carboxylic acids is 2. The first-order valence-electron chi connectivity index (χ1n) is 7.98. The van der Waals surface area contributed by atoms with Gasteiger partial charge in [0, 0.05) is 12.6 Å². The monoisotopic (exact) mass is 387 g/mol. The van der Waals surface area contributed by atoms with E-state index < -0.39 is 29.5 Å². The summed E-state index contributed by atoms with van der Waals surface area (Å²) in [6, 6.07) is 11.2. The van der Waals surface area contributed by atoms with E-state index in [0.717, 1.165) is 17.7 Å². The third kappa shape index (κ3) is 4.17. The van der Waals surface area contributed by atoms with Crippen LogP contribution in [0.25, 0.3) is 10.6 Å². The summed E-state index contributed by atoms with van der Waals surface area (Å²) in [5.74, 6) is -3.22. The summed E-state index contributed by atoms with van der Waals surface area (Å²) in [7, 11) is 1.39. The fourth-order valence-corrected chi connectivity index (χ4v) is 3.26. The van der Waals surface area contributed by atoms with Gasteiger partial charge >= 0.3 is 0 Å². The molecule has 2 N–H and O–H groups in total. The predicted molar refractivity (Wildman–Crippen MR) is 98.2 cm³/mol. The molecule has 0 saturated carbocycles. The van der Waals surface area contributed by atoms with Gasteiger partial charge in [0.2, 0.25) is 5.91 Å². The second kappa shape index (κ2) is 8.05. The smallest absolute Gasteiger partial charge is 0.263 e. The molecule has 1 aromatic heterocycles. The molecule has 3 aromatic rings. The van der Waals surface area contributed by atoms with Crippen molar-refractivity contribution in [2.75, 3.05) is 7.05 Å². The van der Waals surface area contributed by atoms with E-state index >= 15 is 0 Å². The van der Waals surface area contributed by atoms with E-state index in [4.69, 9.17) is 0 Å². The van der Waals surface area contributed by atoms with Crippen molar-refractivity contribution < 1.29 is 18.4 Å². The first-order valence-corrected chi connectivity index (χ1v) is 8.80. The van der Waals surface area contributed by atoms with Crippen molar-refractivity contribution in [3.8, 4) is 10.6 Å². The predicted octanol–water partition coefficient (Wildman–Crippen LogP) is 3.31. The van der Waals surface area contributed by atoms with Crippen LogP contribution in [0.2, 0.25) is 0 Å². The second-order valence-electron chi connectivity index (χ2n) is 5.59. The van der Waals surface area contributed by atoms with Gasteiger partial charge in [-0.05, 0) is 17.7 Å². The average Bonchev–Trinajstić information content (AvgIpc) is 3.19. The zero-order valence-corrected chi connectivity index (χ0v) is 15.0. The van der Waals surface area contributed by atoms with E-state index in [9.17, 15) is 18.4 Å². The normalized spacial score (nSPS) is 11.7. The summed E-state index contributed by atoms with van der Waals surface area (Å²) >= 11 is 1.17. The molecule has 8 heteroatoms. The highest BCUT2D eigenvalue weighted by Gasteiger charge is 2.24. The van der Waals surface area contributed by atoms with Crippen molar-refractivity contribution in [2.45, 2.75) is 6.04 Å². The van der Waals surface area contributed by atoms with E-state index in [-0.39, 0.29) is 5.56 Å². The average molecular weight is 387 g/mol. The minimum Gasteiger partial charge on any atom is -0.357 e. The van der Waals surface area contributed by atoms with Gasteiger partial charge in [-0.1, -0.05) is 36.4 Å². The molecule has 1 atom stereocenters. The number of nitrogens with zero attached hydrogens (tertiary/aromatic N) is 1. The first kappa shape index (κ1) is 18.7. The Morgan fingerprint density at radius 2 is 1.81 bits per heavy atom. The van der Waals surface area contributed by atoms with Crippen molar-refractivity contribution in [3.05, 3.63) is 76.8 Å². The van der Waals surface area contributed by atoms with Crippen molar-refractivity contribution in [1.82, 2.24) is 15.6 Å². The van der Waals surface area contributed by atoms with Crippen LogP contribution in [-0.2, 0) is 4.79 Å². The maximum absolute atomic E-state index is 13.5. The van der Waals surface area contributed by atoms with Crippen LogP contribution in [0.3, 0.4) is 0 Å². The molecule has 0 aliphatic heterocycles. The molecule has 0 fully saturated rings. The number of nitrogens with one attached hydrogen (secondary N) is 2. The summed E-state index contributed by atoms with van der Waals surface area (Å²) in [5, 5.41) is 5.60. The highest BCUT2D eigenvalue weighted by molar-refractivity contribution is 7.16. The Labute approximate surface area is 158 Å². The lowest BCUT2D eigenvalue weighted by Crippen LogP contribution is -2.38. The molecule has 0 radical (unpaired) electrons. The molecule has 138 valence electrons. The number of halogens is 2. The molecule has 0 aliphatic carbocycles. The third-order valence-corrected chi connectivity index (χ3v) is 4.86. The van der Waals surface area contributed by atoms with E-state index in [0.29, 0.717) is 9.88 Å². The van der Waals surface area contributed by atoms with Gasteiger partial charge in [0.15, 0.2) is 11.6 Å². The third-order valence-electron chi connectivity index (χ3n) is 3.81. The number of amides is 2. The van der Waals surface area contributed by atoms with Gasteiger partial charge in [-0.2, -0.15) is 0 Å². The Morgan fingerprint density at radius 3 is 2.48 bits per heavy atom. The van der Waals surface area contributed by atoms with E-state index in [1.807, 2.05) is 30.3 Å². The molecule has 0 saturated heterocycles. The highest BCUT2D eigenvalue weighted by atomic mass is 32.1. The zero-order valence-electron chi connectivity index (χ0n) is 14.2. The Bertz CT molecular complexity index is 976. The van der Waals surface area contributed by atoms with Crippen LogP contribution >= 0.6 is 11.3 Å². The van der Waals surface area contributed by atoms with Crippen LogP contribution in [0.15, 0.2) is 54.7 Å². The Hall–Kier alpha value is -3.13. The molecule has 2 amide bonds. The summed E-state index contributed by atoms with van der Waals surface area (Å²) in [4.78, 5) is 29.2. The standard InChI is InChI=1S/C19H15F2N3O2S/c1-22-18(26)16(12-7-8-13(20)14(21)9-12)24-17(25)15-10-23-19(27-15)11-5-3-2-4-6-11/h2-10,16H,1H3,(H,22,26)(H,24,25). The second-order valence-corrected chi connectivity index (χ2v) is 6.62. The summed E-state index contributed by atoms with van der Waals surface area (Å²) < 4.78 is 26.7. The molecular weight excluding hydrogens is 372 g/mol. The highest BCUT2D eigenvalue weighted by Crippen LogP contribution is 2.25. The van der Waals surface area contributed by atoms with Crippen LogP contribution in [-0.4, -0.2) is 23.8 Å². The van der Waals surface area contributed by atoms with Crippen LogP contribution in [0.5, 0.6) is 0 Å². The molecule has 2 aromatic carbocycles. The van der Waals surface area contributed by atoms with Gasteiger partial charge < -0.3 is 10.6 Å². The number of likely N-dealkylation sites (N-methyl/N-ethyl adjacent to an activating group) is 1. The number of hydrogen-bond donors (Lipinski definition) is 2. The minimum absolute atomic E-state index is 0.134. The summed E-state index contributed by atoms with van der Waals surface area (Å²) in [6.07, 6.45) is 1.41. The minimum atomic E-state index is -1.17. The Kier molecular flexibility index (Phi) is 5.56. The van der Waals surface area contributed by atoms with Crippen molar-refractivity contribution in [2.24, 2.45) is 0 Å². The van der Waals surface area contributed by atoms with Crippen LogP contribution in [0.1, 0.15) is 21.3 Å². The first-order chi connectivity index (χ1) is 13.0. The van der Waals surface area contributed by atoms with Crippen molar-refractivity contribution in [1.29, 1.82) is 0 Å². The lowest BCUT2D eigenvalue weighted by Gasteiger charge is -2.17. The molecule has 5 nitrogen and oxygen atoms in total. The van der Waals surface area contributed by atoms with Gasteiger partial charge in [-0.25, -0.2) is 13.8 Å². The number of hydrogen-bond acceptors (Lipinski definition) is 4. The Morgan fingerprint density at radius 1 is 1.07 bits per heavy atom. The van der Waals surface area contributed by atoms with Gasteiger partial charge in [0.1, 0.15) is 15.9 Å². The quantitative estimate of drug-likeness (QED) is 0.706. The summed E-state index contributed by atoms with van der Waals surface area (Å²) in [6.45, 7) is 0. The van der Waals surface area contributed by atoms with E-state index in [2.05, 4.69) is 15.6 Å². The topological polar surface area (TPSA) is 71.1 Å². The number of aromatic nitrogens is 1. The van der Waals surface area contributed by atoms with E-state index in [1.54, 1.807) is 0 Å². The fourth-order valence-electron chi connectivity index (χ4n) is 2.43. The number of carbonyl (C=O) groups is 2. The molecule has 3 rings (SSSR count). The number of rotatable bonds is 5. The number of benzene rings is 2. The van der Waals surface area contributed by atoms with Crippen molar-refractivity contribution in [3.63, 3.8) is 0 Å². The SMILES string of the molecule is CNC(=O)C(NC(=O)c1cnc(-c2ccccc2)s1)c1ccc(F)c(F)c1. The fraction of sp³-hybridized carbons (Fsp3) is 0.105. The molecule has 1 heterocycles. The zero-order chi connectivity index (χ0) is 19.4. The molecular formula is C19H15F2N3O2S. The van der Waals surface area contributed by atoms with Gasteiger partial charge in [0.25, 0.3) is 5.91 Å². The van der Waals surface area contributed by atoms with Gasteiger partial charge in [0.05, 0.1) is 6.20 Å².